The second-order valence-electron chi connectivity index (χ2n) is 4.81. The average molecular weight is 298 g/mol. The Bertz CT molecular complexity index is 378. The lowest BCUT2D eigenvalue weighted by molar-refractivity contribution is 0.0793. The molecule has 2 nitrogen and oxygen atoms in total. The fourth-order valence-corrected chi connectivity index (χ4v) is 2.73. The van der Waals surface area contributed by atoms with Gasteiger partial charge in [0.1, 0.15) is 0 Å². The number of fused-ring (bicyclic) bond motifs is 1. The molecule has 0 aliphatic heterocycles. The van der Waals surface area contributed by atoms with Crippen molar-refractivity contribution in [3.8, 4) is 0 Å². The predicted molar refractivity (Wildman–Crippen MR) is 74.3 cm³/mol. The van der Waals surface area contributed by atoms with Crippen LogP contribution in [-0.4, -0.2) is 19.3 Å². The summed E-state index contributed by atoms with van der Waals surface area (Å²) < 4.78 is 6.72. The van der Waals surface area contributed by atoms with Crippen molar-refractivity contribution in [2.75, 3.05) is 13.2 Å². The molecule has 1 aliphatic carbocycles. The van der Waals surface area contributed by atoms with Crippen molar-refractivity contribution >= 4 is 15.9 Å². The summed E-state index contributed by atoms with van der Waals surface area (Å²) in [4.78, 5) is 0. The summed E-state index contributed by atoms with van der Waals surface area (Å²) in [5, 5.41) is 3.57. The first-order valence-electron chi connectivity index (χ1n) is 6.30. The van der Waals surface area contributed by atoms with Crippen molar-refractivity contribution < 1.29 is 4.74 Å². The molecule has 1 aromatic rings. The van der Waals surface area contributed by atoms with Crippen LogP contribution >= 0.6 is 15.9 Å². The second kappa shape index (κ2) is 5.98. The predicted octanol–water partition coefficient (Wildman–Crippen LogP) is 3.45. The second-order valence-corrected chi connectivity index (χ2v) is 5.72. The molecule has 0 amide bonds. The Labute approximate surface area is 112 Å². The van der Waals surface area contributed by atoms with Gasteiger partial charge in [-0.05, 0) is 49.9 Å². The minimum absolute atomic E-state index is 0.323. The lowest BCUT2D eigenvalue weighted by Crippen LogP contribution is -2.24. The topological polar surface area (TPSA) is 21.3 Å². The average Bonchev–Trinajstić information content (AvgIpc) is 2.66. The van der Waals surface area contributed by atoms with Gasteiger partial charge in [0, 0.05) is 17.1 Å². The minimum Gasteiger partial charge on any atom is -0.377 e. The summed E-state index contributed by atoms with van der Waals surface area (Å²) in [6, 6.07) is 7.10. The first kappa shape index (κ1) is 13.1. The lowest BCUT2D eigenvalue weighted by atomic mass is 10.1. The van der Waals surface area contributed by atoms with Gasteiger partial charge in [-0.1, -0.05) is 22.0 Å². The fourth-order valence-electron chi connectivity index (χ4n) is 2.33. The smallest absolute Gasteiger partial charge is 0.0594 e. The number of rotatable bonds is 5. The van der Waals surface area contributed by atoms with E-state index >= 15 is 0 Å². The van der Waals surface area contributed by atoms with E-state index in [0.717, 1.165) is 13.2 Å². The van der Waals surface area contributed by atoms with Gasteiger partial charge in [-0.15, -0.1) is 0 Å². The minimum atomic E-state index is 0.323. The summed E-state index contributed by atoms with van der Waals surface area (Å²) in [5.74, 6) is 0. The third-order valence-electron chi connectivity index (χ3n) is 3.13. The molecule has 1 aliphatic rings. The summed E-state index contributed by atoms with van der Waals surface area (Å²) in [7, 11) is 0. The molecule has 0 bridgehead atoms. The van der Waals surface area contributed by atoms with Crippen molar-refractivity contribution in [1.82, 2.24) is 5.32 Å². The van der Waals surface area contributed by atoms with Crippen LogP contribution in [0.4, 0.5) is 0 Å². The van der Waals surface area contributed by atoms with Gasteiger partial charge in [-0.3, -0.25) is 0 Å². The Morgan fingerprint density at radius 1 is 1.47 bits per heavy atom. The van der Waals surface area contributed by atoms with Gasteiger partial charge in [-0.2, -0.15) is 0 Å². The van der Waals surface area contributed by atoms with Gasteiger partial charge in [0.05, 0.1) is 12.7 Å². The highest BCUT2D eigenvalue weighted by Gasteiger charge is 2.21. The fraction of sp³-hybridized carbons (Fsp3) is 0.571. The molecule has 94 valence electrons. The van der Waals surface area contributed by atoms with Crippen LogP contribution in [0.3, 0.4) is 0 Å². The van der Waals surface area contributed by atoms with Gasteiger partial charge in [0.15, 0.2) is 0 Å². The summed E-state index contributed by atoms with van der Waals surface area (Å²) in [6.07, 6.45) is 2.70. The largest absolute Gasteiger partial charge is 0.377 e. The van der Waals surface area contributed by atoms with Crippen molar-refractivity contribution in [3.63, 3.8) is 0 Å². The molecule has 1 atom stereocenters. The molecule has 3 heteroatoms. The molecule has 0 spiro atoms. The zero-order chi connectivity index (χ0) is 12.3. The number of aryl methyl sites for hydroxylation is 1. The van der Waals surface area contributed by atoms with Gasteiger partial charge in [0.25, 0.3) is 0 Å². The molecule has 17 heavy (non-hydrogen) atoms. The van der Waals surface area contributed by atoms with Crippen molar-refractivity contribution in [3.05, 3.63) is 33.8 Å². The molecule has 0 radical (unpaired) electrons. The van der Waals surface area contributed by atoms with E-state index in [-0.39, 0.29) is 0 Å². The van der Waals surface area contributed by atoms with E-state index in [1.165, 1.54) is 28.4 Å². The van der Waals surface area contributed by atoms with Crippen LogP contribution in [0.25, 0.3) is 0 Å². The molecule has 2 rings (SSSR count). The zero-order valence-corrected chi connectivity index (χ0v) is 12.1. The number of hydrogen-bond donors (Lipinski definition) is 1. The van der Waals surface area contributed by atoms with Gasteiger partial charge < -0.3 is 10.1 Å². The van der Waals surface area contributed by atoms with Gasteiger partial charge in [-0.25, -0.2) is 0 Å². The summed E-state index contributed by atoms with van der Waals surface area (Å²) in [6.45, 7) is 5.86. The Hall–Kier alpha value is -0.380. The van der Waals surface area contributed by atoms with Crippen LogP contribution in [0.1, 0.15) is 37.4 Å². The normalized spacial score (nSPS) is 18.7. The molecular formula is C14H20BrNO. The molecule has 1 N–H and O–H groups in total. The Kier molecular flexibility index (Phi) is 4.60. The maximum absolute atomic E-state index is 5.54. The molecule has 0 fully saturated rings. The number of hydrogen-bond acceptors (Lipinski definition) is 2. The summed E-state index contributed by atoms with van der Waals surface area (Å²) >= 11 is 3.52. The van der Waals surface area contributed by atoms with Crippen LogP contribution in [0.2, 0.25) is 0 Å². The van der Waals surface area contributed by atoms with Crippen LogP contribution in [-0.2, 0) is 11.2 Å². The Balaban J connectivity index is 1.85. The number of benzene rings is 1. The molecule has 0 saturated carbocycles. The van der Waals surface area contributed by atoms with Crippen molar-refractivity contribution in [2.24, 2.45) is 0 Å². The first-order chi connectivity index (χ1) is 8.16. The van der Waals surface area contributed by atoms with Crippen LogP contribution in [0.15, 0.2) is 22.7 Å². The van der Waals surface area contributed by atoms with E-state index in [1.54, 1.807) is 0 Å². The van der Waals surface area contributed by atoms with Crippen LogP contribution in [0, 0.1) is 0 Å². The molecule has 1 unspecified atom stereocenters. The zero-order valence-electron chi connectivity index (χ0n) is 10.5. The van der Waals surface area contributed by atoms with E-state index < -0.39 is 0 Å². The van der Waals surface area contributed by atoms with E-state index in [0.29, 0.717) is 12.1 Å². The Morgan fingerprint density at radius 2 is 2.29 bits per heavy atom. The van der Waals surface area contributed by atoms with Crippen LogP contribution in [0.5, 0.6) is 0 Å². The third-order valence-corrected chi connectivity index (χ3v) is 3.62. The molecule has 0 heterocycles. The quantitative estimate of drug-likeness (QED) is 0.841. The maximum atomic E-state index is 5.54. The lowest BCUT2D eigenvalue weighted by Gasteiger charge is -2.15. The van der Waals surface area contributed by atoms with E-state index in [1.807, 2.05) is 0 Å². The first-order valence-corrected chi connectivity index (χ1v) is 7.09. The number of halogens is 1. The van der Waals surface area contributed by atoms with E-state index in [4.69, 9.17) is 4.74 Å². The SMILES string of the molecule is CC(C)OCCNC1CCc2cc(Br)ccc21. The van der Waals surface area contributed by atoms with Gasteiger partial charge >= 0.3 is 0 Å². The molecule has 0 saturated heterocycles. The van der Waals surface area contributed by atoms with Crippen molar-refractivity contribution in [2.45, 2.75) is 38.8 Å². The monoisotopic (exact) mass is 297 g/mol. The third kappa shape index (κ3) is 3.54. The molecule has 1 aromatic carbocycles. The standard InChI is InChI=1S/C14H20BrNO/c1-10(2)17-8-7-16-14-6-3-11-9-12(15)4-5-13(11)14/h4-5,9-10,14,16H,3,6-8H2,1-2H3. The van der Waals surface area contributed by atoms with E-state index in [9.17, 15) is 0 Å². The highest BCUT2D eigenvalue weighted by atomic mass is 79.9. The highest BCUT2D eigenvalue weighted by molar-refractivity contribution is 9.10. The van der Waals surface area contributed by atoms with Crippen LogP contribution < -0.4 is 5.32 Å². The van der Waals surface area contributed by atoms with E-state index in [2.05, 4.69) is 53.3 Å². The van der Waals surface area contributed by atoms with Gasteiger partial charge in [0.2, 0.25) is 0 Å². The molecular weight excluding hydrogens is 278 g/mol. The van der Waals surface area contributed by atoms with Crippen molar-refractivity contribution in [1.29, 1.82) is 0 Å². The number of nitrogens with one attached hydrogen (secondary N) is 1. The number of ether oxygens (including phenoxy) is 1. The summed E-state index contributed by atoms with van der Waals surface area (Å²) in [5.41, 5.74) is 2.93. The highest BCUT2D eigenvalue weighted by Crippen LogP contribution is 2.32. The Morgan fingerprint density at radius 3 is 3.06 bits per heavy atom. The molecule has 0 aromatic heterocycles. The maximum Gasteiger partial charge on any atom is 0.0594 e.